The molecular weight excluding hydrogens is 308 g/mol. The van der Waals surface area contributed by atoms with Crippen LogP contribution in [0.1, 0.15) is 12.8 Å². The number of anilines is 1. The van der Waals surface area contributed by atoms with Crippen molar-refractivity contribution in [2.45, 2.75) is 25.0 Å². The van der Waals surface area contributed by atoms with Crippen molar-refractivity contribution in [2.75, 3.05) is 11.4 Å². The van der Waals surface area contributed by atoms with Crippen molar-refractivity contribution < 1.29 is 14.5 Å². The van der Waals surface area contributed by atoms with Crippen LogP contribution in [0.4, 0.5) is 11.4 Å². The molecule has 3 aliphatic heterocycles. The molecule has 2 aromatic carbocycles. The van der Waals surface area contributed by atoms with E-state index in [9.17, 15) is 14.9 Å². The largest absolute Gasteiger partial charge is 0.374 e. The first-order valence-corrected chi connectivity index (χ1v) is 8.28. The average molecular weight is 324 g/mol. The fourth-order valence-corrected chi connectivity index (χ4v) is 4.71. The lowest BCUT2D eigenvalue weighted by Crippen LogP contribution is -2.31. The van der Waals surface area contributed by atoms with Gasteiger partial charge in [0.1, 0.15) is 0 Å². The molecule has 1 amide bonds. The molecule has 2 unspecified atom stereocenters. The quantitative estimate of drug-likeness (QED) is 0.629. The van der Waals surface area contributed by atoms with Crippen molar-refractivity contribution >= 4 is 28.1 Å². The molecule has 0 N–H and O–H groups in total. The molecule has 4 atom stereocenters. The molecule has 6 heteroatoms. The highest BCUT2D eigenvalue weighted by atomic mass is 16.6. The maximum Gasteiger partial charge on any atom is 0.277 e. The third-order valence-corrected chi connectivity index (χ3v) is 5.73. The zero-order valence-corrected chi connectivity index (χ0v) is 12.9. The monoisotopic (exact) mass is 324 g/mol. The number of benzene rings is 2. The van der Waals surface area contributed by atoms with E-state index in [0.717, 1.165) is 23.9 Å². The van der Waals surface area contributed by atoms with Crippen LogP contribution in [-0.4, -0.2) is 29.6 Å². The Morgan fingerprint density at radius 1 is 1.08 bits per heavy atom. The number of nitrogens with zero attached hydrogens (tertiary/aromatic N) is 2. The molecule has 5 rings (SSSR count). The molecule has 24 heavy (non-hydrogen) atoms. The minimum atomic E-state index is -0.374. The third kappa shape index (κ3) is 1.72. The second-order valence-electron chi connectivity index (χ2n) is 6.84. The first-order chi connectivity index (χ1) is 11.6. The van der Waals surface area contributed by atoms with Crippen molar-refractivity contribution in [2.24, 2.45) is 11.8 Å². The zero-order chi connectivity index (χ0) is 16.4. The number of rotatable bonds is 2. The molecule has 0 aliphatic carbocycles. The standard InChI is InChI=1S/C18H16N2O4/c21-18-17-12(15-7-8-16(17)24-15)9-19(18)13-5-6-14(20(22)23)11-4-2-1-3-10(11)13/h1-6,12,15-17H,7-9H2/t12-,15?,16?,17-/m1/s1. The van der Waals surface area contributed by atoms with E-state index in [1.54, 1.807) is 18.2 Å². The zero-order valence-electron chi connectivity index (χ0n) is 12.9. The molecule has 3 heterocycles. The summed E-state index contributed by atoms with van der Waals surface area (Å²) in [6.07, 6.45) is 2.25. The van der Waals surface area contributed by atoms with Crippen molar-refractivity contribution in [1.29, 1.82) is 0 Å². The van der Waals surface area contributed by atoms with Gasteiger partial charge >= 0.3 is 0 Å². The van der Waals surface area contributed by atoms with Gasteiger partial charge in [-0.15, -0.1) is 0 Å². The topological polar surface area (TPSA) is 72.7 Å². The first kappa shape index (κ1) is 13.9. The highest BCUT2D eigenvalue weighted by molar-refractivity contribution is 6.08. The Hall–Kier alpha value is -2.47. The highest BCUT2D eigenvalue weighted by Crippen LogP contribution is 2.49. The summed E-state index contributed by atoms with van der Waals surface area (Å²) in [4.78, 5) is 25.7. The summed E-state index contributed by atoms with van der Waals surface area (Å²) in [5, 5.41) is 12.6. The van der Waals surface area contributed by atoms with Crippen molar-refractivity contribution in [3.8, 4) is 0 Å². The van der Waals surface area contributed by atoms with Crippen LogP contribution in [0.5, 0.6) is 0 Å². The molecule has 0 saturated carbocycles. The summed E-state index contributed by atoms with van der Waals surface area (Å²) < 4.78 is 5.90. The molecule has 0 spiro atoms. The lowest BCUT2D eigenvalue weighted by molar-refractivity contribution is -0.383. The summed E-state index contributed by atoms with van der Waals surface area (Å²) in [6.45, 7) is 0.645. The van der Waals surface area contributed by atoms with E-state index in [2.05, 4.69) is 0 Å². The maximum atomic E-state index is 13.0. The molecule has 6 nitrogen and oxygen atoms in total. The van der Waals surface area contributed by atoms with Gasteiger partial charge < -0.3 is 9.64 Å². The lowest BCUT2D eigenvalue weighted by Gasteiger charge is -2.21. The minimum absolute atomic E-state index is 0.0438. The first-order valence-electron chi connectivity index (χ1n) is 8.28. The summed E-state index contributed by atoms with van der Waals surface area (Å²) in [7, 11) is 0. The Morgan fingerprint density at radius 2 is 1.83 bits per heavy atom. The number of nitro benzene ring substituents is 1. The third-order valence-electron chi connectivity index (χ3n) is 5.73. The van der Waals surface area contributed by atoms with Crippen LogP contribution in [-0.2, 0) is 9.53 Å². The molecule has 2 aromatic rings. The van der Waals surface area contributed by atoms with Gasteiger partial charge in [0.05, 0.1) is 34.1 Å². The number of non-ortho nitro benzene ring substituents is 1. The Kier molecular flexibility index (Phi) is 2.77. The van der Waals surface area contributed by atoms with Gasteiger partial charge in [-0.25, -0.2) is 0 Å². The van der Waals surface area contributed by atoms with Crippen molar-refractivity contribution in [3.05, 3.63) is 46.5 Å². The number of nitro groups is 1. The van der Waals surface area contributed by atoms with Crippen LogP contribution in [0.25, 0.3) is 10.8 Å². The normalized spacial score (nSPS) is 31.0. The van der Waals surface area contributed by atoms with E-state index in [0.29, 0.717) is 11.9 Å². The lowest BCUT2D eigenvalue weighted by atomic mass is 9.81. The van der Waals surface area contributed by atoms with Gasteiger partial charge in [0.25, 0.3) is 5.69 Å². The van der Waals surface area contributed by atoms with Crippen LogP contribution in [0.3, 0.4) is 0 Å². The molecule has 3 saturated heterocycles. The van der Waals surface area contributed by atoms with E-state index < -0.39 is 0 Å². The minimum Gasteiger partial charge on any atom is -0.374 e. The summed E-state index contributed by atoms with van der Waals surface area (Å²) in [5.41, 5.74) is 0.847. The van der Waals surface area contributed by atoms with Crippen LogP contribution in [0.15, 0.2) is 36.4 Å². The Morgan fingerprint density at radius 3 is 2.58 bits per heavy atom. The fourth-order valence-electron chi connectivity index (χ4n) is 4.71. The number of ether oxygens (including phenoxy) is 1. The van der Waals surface area contributed by atoms with E-state index in [1.807, 2.05) is 17.0 Å². The second-order valence-corrected chi connectivity index (χ2v) is 6.84. The second kappa shape index (κ2) is 4.77. The fraction of sp³-hybridized carbons (Fsp3) is 0.389. The molecule has 3 fully saturated rings. The van der Waals surface area contributed by atoms with Gasteiger partial charge in [-0.3, -0.25) is 14.9 Å². The SMILES string of the molecule is O=C1[C@H]2C3CCC(O3)[C@H]2CN1c1ccc([N+](=O)[O-])c2ccccc12. The molecule has 2 bridgehead atoms. The van der Waals surface area contributed by atoms with E-state index in [4.69, 9.17) is 4.74 Å². The van der Waals surface area contributed by atoms with Crippen molar-refractivity contribution in [3.63, 3.8) is 0 Å². The summed E-state index contributed by atoms with van der Waals surface area (Å²) in [6, 6.07) is 10.4. The predicted molar refractivity (Wildman–Crippen MR) is 87.8 cm³/mol. The van der Waals surface area contributed by atoms with E-state index in [1.165, 1.54) is 6.07 Å². The maximum absolute atomic E-state index is 13.0. The van der Waals surface area contributed by atoms with Gasteiger partial charge in [-0.2, -0.15) is 0 Å². The van der Waals surface area contributed by atoms with E-state index in [-0.39, 0.29) is 40.6 Å². The van der Waals surface area contributed by atoms with Crippen LogP contribution >= 0.6 is 0 Å². The van der Waals surface area contributed by atoms with Crippen LogP contribution in [0, 0.1) is 22.0 Å². The molecule has 3 aliphatic rings. The average Bonchev–Trinajstić information content (AvgIpc) is 3.27. The van der Waals surface area contributed by atoms with Gasteiger partial charge in [0.15, 0.2) is 0 Å². The van der Waals surface area contributed by atoms with Gasteiger partial charge in [0.2, 0.25) is 5.91 Å². The van der Waals surface area contributed by atoms with Crippen LogP contribution < -0.4 is 4.90 Å². The summed E-state index contributed by atoms with van der Waals surface area (Å²) in [5.74, 6) is 0.314. The number of carbonyl (C=O) groups is 1. The van der Waals surface area contributed by atoms with E-state index >= 15 is 0 Å². The van der Waals surface area contributed by atoms with Gasteiger partial charge in [-0.1, -0.05) is 18.2 Å². The highest BCUT2D eigenvalue weighted by Gasteiger charge is 2.57. The molecule has 122 valence electrons. The number of hydrogen-bond donors (Lipinski definition) is 0. The molecule has 0 aromatic heterocycles. The van der Waals surface area contributed by atoms with Crippen LogP contribution in [0.2, 0.25) is 0 Å². The Bertz CT molecular complexity index is 880. The number of amides is 1. The summed E-state index contributed by atoms with van der Waals surface area (Å²) >= 11 is 0. The molecule has 0 radical (unpaired) electrons. The van der Waals surface area contributed by atoms with Gasteiger partial charge in [0, 0.05) is 23.9 Å². The Balaban J connectivity index is 1.62. The number of carbonyl (C=O) groups excluding carboxylic acids is 1. The predicted octanol–water partition coefficient (Wildman–Crippen LogP) is 2.89. The van der Waals surface area contributed by atoms with Gasteiger partial charge in [-0.05, 0) is 25.0 Å². The number of fused-ring (bicyclic) bond motifs is 6. The number of hydrogen-bond acceptors (Lipinski definition) is 4. The Labute approximate surface area is 138 Å². The molecular formula is C18H16N2O4. The smallest absolute Gasteiger partial charge is 0.277 e. The van der Waals surface area contributed by atoms with Crippen molar-refractivity contribution in [1.82, 2.24) is 0 Å².